The summed E-state index contributed by atoms with van der Waals surface area (Å²) in [5.74, 6) is 0. The summed E-state index contributed by atoms with van der Waals surface area (Å²) in [6, 6.07) is 2.23. The number of hydrogen-bond donors (Lipinski definition) is 1. The van der Waals surface area contributed by atoms with Gasteiger partial charge in [-0.15, -0.1) is 6.58 Å². The Morgan fingerprint density at radius 3 is 3.09 bits per heavy atom. The summed E-state index contributed by atoms with van der Waals surface area (Å²) in [6.07, 6.45) is 2.52. The van der Waals surface area contributed by atoms with Gasteiger partial charge in [0.05, 0.1) is 12.7 Å². The number of nitriles is 1. The Morgan fingerprint density at radius 2 is 2.64 bits per heavy atom. The van der Waals surface area contributed by atoms with Gasteiger partial charge in [-0.2, -0.15) is 5.26 Å². The molecule has 0 aliphatic carbocycles. The second kappa shape index (κ2) is 3.51. The van der Waals surface area contributed by atoms with Crippen LogP contribution in [0.2, 0.25) is 0 Å². The van der Waals surface area contributed by atoms with Crippen molar-refractivity contribution in [3.63, 3.8) is 0 Å². The zero-order valence-electron chi connectivity index (χ0n) is 6.47. The van der Waals surface area contributed by atoms with Gasteiger partial charge in [-0.05, 0) is 0 Å². The molecule has 1 saturated heterocycles. The summed E-state index contributed by atoms with van der Waals surface area (Å²) in [5, 5.41) is 11.9. The Hall–Kier alpha value is -0.850. The van der Waals surface area contributed by atoms with Gasteiger partial charge in [0.15, 0.2) is 0 Å². The molecule has 0 bridgehead atoms. The molecule has 0 radical (unpaired) electrons. The van der Waals surface area contributed by atoms with Crippen molar-refractivity contribution >= 4 is 0 Å². The minimum absolute atomic E-state index is 0.450. The molecule has 0 saturated carbocycles. The normalized spacial score (nSPS) is 29.7. The highest BCUT2D eigenvalue weighted by Crippen LogP contribution is 2.16. The molecule has 1 N–H and O–H groups in total. The van der Waals surface area contributed by atoms with Gasteiger partial charge in [-0.3, -0.25) is 5.32 Å². The van der Waals surface area contributed by atoms with E-state index in [1.807, 2.05) is 0 Å². The van der Waals surface area contributed by atoms with E-state index in [1.165, 1.54) is 0 Å². The van der Waals surface area contributed by atoms with E-state index in [4.69, 9.17) is 10.00 Å². The fourth-order valence-electron chi connectivity index (χ4n) is 1.10. The molecule has 1 aliphatic rings. The van der Waals surface area contributed by atoms with E-state index in [0.717, 1.165) is 6.42 Å². The zero-order chi connectivity index (χ0) is 8.16. The second-order valence-corrected chi connectivity index (χ2v) is 2.67. The Labute approximate surface area is 66.7 Å². The summed E-state index contributed by atoms with van der Waals surface area (Å²) in [5.41, 5.74) is -0.450. The molecule has 0 spiro atoms. The van der Waals surface area contributed by atoms with Crippen molar-refractivity contribution in [1.82, 2.24) is 5.32 Å². The van der Waals surface area contributed by atoms with Crippen LogP contribution in [0.1, 0.15) is 6.42 Å². The number of nitrogens with one attached hydrogen (secondary N) is 1. The molecule has 1 aliphatic heterocycles. The monoisotopic (exact) mass is 152 g/mol. The predicted octanol–water partition coefficient (Wildman–Crippen LogP) is 0.445. The van der Waals surface area contributed by atoms with Crippen molar-refractivity contribution in [1.29, 1.82) is 5.26 Å². The molecular formula is C8H12N2O. The maximum atomic E-state index is 8.82. The highest BCUT2D eigenvalue weighted by atomic mass is 16.5. The first-order valence-electron chi connectivity index (χ1n) is 3.68. The van der Waals surface area contributed by atoms with Crippen molar-refractivity contribution in [2.45, 2.75) is 12.0 Å². The molecular weight excluding hydrogens is 140 g/mol. The van der Waals surface area contributed by atoms with Gasteiger partial charge in [0.1, 0.15) is 5.54 Å². The maximum absolute atomic E-state index is 8.82. The van der Waals surface area contributed by atoms with Crippen LogP contribution in [0.4, 0.5) is 0 Å². The number of hydrogen-bond acceptors (Lipinski definition) is 3. The van der Waals surface area contributed by atoms with Gasteiger partial charge >= 0.3 is 0 Å². The molecule has 1 heterocycles. The van der Waals surface area contributed by atoms with Gasteiger partial charge in [0.2, 0.25) is 0 Å². The van der Waals surface area contributed by atoms with E-state index >= 15 is 0 Å². The molecule has 3 heteroatoms. The molecule has 1 unspecified atom stereocenters. The van der Waals surface area contributed by atoms with Crippen LogP contribution in [0, 0.1) is 11.3 Å². The Balaban J connectivity index is 2.47. The third-order valence-electron chi connectivity index (χ3n) is 1.82. The lowest BCUT2D eigenvalue weighted by Crippen LogP contribution is -2.44. The molecule has 11 heavy (non-hydrogen) atoms. The molecule has 60 valence electrons. The van der Waals surface area contributed by atoms with Crippen LogP contribution in [0.25, 0.3) is 0 Å². The summed E-state index contributed by atoms with van der Waals surface area (Å²) < 4.78 is 5.13. The molecule has 1 rings (SSSR count). The number of nitrogens with zero attached hydrogens (tertiary/aromatic N) is 1. The van der Waals surface area contributed by atoms with Crippen LogP contribution in [0.5, 0.6) is 0 Å². The van der Waals surface area contributed by atoms with Crippen LogP contribution in [0.3, 0.4) is 0 Å². The lowest BCUT2D eigenvalue weighted by atomic mass is 10.0. The van der Waals surface area contributed by atoms with Gasteiger partial charge < -0.3 is 4.74 Å². The van der Waals surface area contributed by atoms with Crippen LogP contribution in [0.15, 0.2) is 12.7 Å². The lowest BCUT2D eigenvalue weighted by molar-refractivity contribution is 0.181. The second-order valence-electron chi connectivity index (χ2n) is 2.67. The maximum Gasteiger partial charge on any atom is 0.132 e. The van der Waals surface area contributed by atoms with Crippen LogP contribution < -0.4 is 5.32 Å². The van der Waals surface area contributed by atoms with Crippen LogP contribution in [-0.4, -0.2) is 25.3 Å². The fourth-order valence-corrected chi connectivity index (χ4v) is 1.10. The quantitative estimate of drug-likeness (QED) is 0.597. The molecule has 0 aromatic carbocycles. The Bertz CT molecular complexity index is 177. The van der Waals surface area contributed by atoms with Crippen molar-refractivity contribution in [2.24, 2.45) is 0 Å². The topological polar surface area (TPSA) is 45.0 Å². The van der Waals surface area contributed by atoms with Gasteiger partial charge in [-0.1, -0.05) is 6.08 Å². The molecule has 3 nitrogen and oxygen atoms in total. The van der Waals surface area contributed by atoms with E-state index in [-0.39, 0.29) is 0 Å². The smallest absolute Gasteiger partial charge is 0.132 e. The van der Waals surface area contributed by atoms with Crippen molar-refractivity contribution in [3.05, 3.63) is 12.7 Å². The highest BCUT2D eigenvalue weighted by molar-refractivity contribution is 5.10. The molecule has 1 atom stereocenters. The molecule has 0 amide bonds. The molecule has 1 fully saturated rings. The lowest BCUT2D eigenvalue weighted by Gasteiger charge is -2.18. The van der Waals surface area contributed by atoms with Gasteiger partial charge in [-0.25, -0.2) is 0 Å². The summed E-state index contributed by atoms with van der Waals surface area (Å²) in [4.78, 5) is 0. The summed E-state index contributed by atoms with van der Waals surface area (Å²) >= 11 is 0. The minimum atomic E-state index is -0.450. The average Bonchev–Trinajstić information content (AvgIpc) is 2.50. The largest absolute Gasteiger partial charge is 0.378 e. The first kappa shape index (κ1) is 8.25. The Kier molecular flexibility index (Phi) is 2.64. The van der Waals surface area contributed by atoms with Crippen LogP contribution in [-0.2, 0) is 4.74 Å². The van der Waals surface area contributed by atoms with Crippen molar-refractivity contribution < 1.29 is 4.74 Å². The number of ether oxygens (including phenoxy) is 1. The third-order valence-corrected chi connectivity index (χ3v) is 1.82. The standard InChI is InChI=1S/C8H12N2O/c1-2-4-10-8(6-9)3-5-11-7-8/h2,10H,1,3-5,7H2. The number of rotatable bonds is 3. The summed E-state index contributed by atoms with van der Waals surface area (Å²) in [7, 11) is 0. The molecule has 0 aromatic heterocycles. The van der Waals surface area contributed by atoms with Crippen LogP contribution >= 0.6 is 0 Å². The predicted molar refractivity (Wildman–Crippen MR) is 42.0 cm³/mol. The van der Waals surface area contributed by atoms with E-state index in [2.05, 4.69) is 18.0 Å². The van der Waals surface area contributed by atoms with Gasteiger partial charge in [0.25, 0.3) is 0 Å². The van der Waals surface area contributed by atoms with E-state index in [0.29, 0.717) is 19.8 Å². The van der Waals surface area contributed by atoms with Crippen molar-refractivity contribution in [3.8, 4) is 6.07 Å². The zero-order valence-corrected chi connectivity index (χ0v) is 6.47. The summed E-state index contributed by atoms with van der Waals surface area (Å²) in [6.45, 7) is 5.41. The fraction of sp³-hybridized carbons (Fsp3) is 0.625. The minimum Gasteiger partial charge on any atom is -0.378 e. The Morgan fingerprint density at radius 1 is 1.82 bits per heavy atom. The third kappa shape index (κ3) is 1.79. The van der Waals surface area contributed by atoms with E-state index < -0.39 is 5.54 Å². The first-order chi connectivity index (χ1) is 5.33. The van der Waals surface area contributed by atoms with Gasteiger partial charge in [0, 0.05) is 19.6 Å². The average molecular weight is 152 g/mol. The molecule has 0 aromatic rings. The van der Waals surface area contributed by atoms with Crippen molar-refractivity contribution in [2.75, 3.05) is 19.8 Å². The SMILES string of the molecule is C=CCNC1(C#N)CCOC1. The highest BCUT2D eigenvalue weighted by Gasteiger charge is 2.33. The van der Waals surface area contributed by atoms with E-state index in [9.17, 15) is 0 Å². The van der Waals surface area contributed by atoms with E-state index in [1.54, 1.807) is 6.08 Å². The first-order valence-corrected chi connectivity index (χ1v) is 3.68.